The van der Waals surface area contributed by atoms with Crippen LogP contribution in [0.3, 0.4) is 0 Å². The van der Waals surface area contributed by atoms with E-state index in [1.54, 1.807) is 18.4 Å². The maximum Gasteiger partial charge on any atom is 0.254 e. The highest BCUT2D eigenvalue weighted by Gasteiger charge is 2.14. The van der Waals surface area contributed by atoms with Gasteiger partial charge in [0.2, 0.25) is 0 Å². The van der Waals surface area contributed by atoms with Crippen LogP contribution in [0.15, 0.2) is 10.9 Å². The van der Waals surface area contributed by atoms with Crippen LogP contribution in [0.25, 0.3) is 0 Å². The summed E-state index contributed by atoms with van der Waals surface area (Å²) in [7, 11) is 0. The van der Waals surface area contributed by atoms with Gasteiger partial charge >= 0.3 is 0 Å². The first-order chi connectivity index (χ1) is 7.33. The van der Waals surface area contributed by atoms with E-state index in [4.69, 9.17) is 11.6 Å². The number of halogens is 1. The molecule has 0 bridgehead atoms. The number of aryl methyl sites for hydroxylation is 1. The highest BCUT2D eigenvalue weighted by atomic mass is 35.5. The molecule has 0 radical (unpaired) electrons. The fourth-order valence-corrected chi connectivity index (χ4v) is 1.61. The van der Waals surface area contributed by atoms with Gasteiger partial charge in [-0.15, -0.1) is 0 Å². The van der Waals surface area contributed by atoms with Gasteiger partial charge in [0.1, 0.15) is 11.0 Å². The number of rotatable bonds is 4. The standard InChI is InChI=1S/C11H17ClN2O2/c1-4-9-13-8(12)7-10(15)14(9)6-5-11(2,3)16/h7,16H,4-6H2,1-3H3. The lowest BCUT2D eigenvalue weighted by atomic mass is 10.1. The van der Waals surface area contributed by atoms with Gasteiger partial charge in [0, 0.05) is 19.0 Å². The summed E-state index contributed by atoms with van der Waals surface area (Å²) in [5.74, 6) is 0.654. The van der Waals surface area contributed by atoms with Crippen LogP contribution in [0, 0.1) is 0 Å². The lowest BCUT2D eigenvalue weighted by molar-refractivity contribution is 0.0655. The van der Waals surface area contributed by atoms with Crippen molar-refractivity contribution in [2.75, 3.05) is 0 Å². The number of aliphatic hydroxyl groups is 1. The number of hydrogen-bond donors (Lipinski definition) is 1. The Bertz CT molecular complexity index is 421. The van der Waals surface area contributed by atoms with E-state index in [0.717, 1.165) is 0 Å². The van der Waals surface area contributed by atoms with Crippen molar-refractivity contribution in [2.24, 2.45) is 0 Å². The number of nitrogens with zero attached hydrogens (tertiary/aromatic N) is 2. The maximum absolute atomic E-state index is 11.7. The van der Waals surface area contributed by atoms with E-state index in [-0.39, 0.29) is 10.7 Å². The normalized spacial score (nSPS) is 11.8. The van der Waals surface area contributed by atoms with Crippen LogP contribution in [-0.2, 0) is 13.0 Å². The third-order valence-electron chi connectivity index (χ3n) is 2.32. The molecule has 1 rings (SSSR count). The average molecular weight is 245 g/mol. The first kappa shape index (κ1) is 13.2. The third kappa shape index (κ3) is 3.61. The van der Waals surface area contributed by atoms with Crippen LogP contribution in [0.5, 0.6) is 0 Å². The molecule has 0 amide bonds. The van der Waals surface area contributed by atoms with Crippen LogP contribution in [-0.4, -0.2) is 20.3 Å². The van der Waals surface area contributed by atoms with Crippen molar-refractivity contribution in [1.82, 2.24) is 9.55 Å². The molecule has 0 unspecified atom stereocenters. The molecule has 1 N–H and O–H groups in total. The Labute approximate surface area is 99.9 Å². The molecule has 0 aliphatic rings. The van der Waals surface area contributed by atoms with Crippen molar-refractivity contribution in [1.29, 1.82) is 0 Å². The summed E-state index contributed by atoms with van der Waals surface area (Å²) in [6, 6.07) is 1.30. The lowest BCUT2D eigenvalue weighted by Crippen LogP contribution is -2.29. The van der Waals surface area contributed by atoms with E-state index < -0.39 is 5.60 Å². The van der Waals surface area contributed by atoms with Crippen LogP contribution in [0.4, 0.5) is 0 Å². The van der Waals surface area contributed by atoms with Gasteiger partial charge in [0.15, 0.2) is 0 Å². The lowest BCUT2D eigenvalue weighted by Gasteiger charge is -2.18. The summed E-state index contributed by atoms with van der Waals surface area (Å²) in [5, 5.41) is 9.85. The second-order valence-corrected chi connectivity index (χ2v) is 4.79. The molecular weight excluding hydrogens is 228 g/mol. The molecule has 1 aromatic heterocycles. The van der Waals surface area contributed by atoms with Gasteiger partial charge < -0.3 is 5.11 Å². The summed E-state index contributed by atoms with van der Waals surface area (Å²) in [4.78, 5) is 15.8. The molecular formula is C11H17ClN2O2. The van der Waals surface area contributed by atoms with E-state index in [9.17, 15) is 9.90 Å². The van der Waals surface area contributed by atoms with Gasteiger partial charge in [0.25, 0.3) is 5.56 Å². The van der Waals surface area contributed by atoms with Gasteiger partial charge in [-0.3, -0.25) is 9.36 Å². The minimum Gasteiger partial charge on any atom is -0.390 e. The molecule has 5 heteroatoms. The molecule has 0 aliphatic carbocycles. The van der Waals surface area contributed by atoms with E-state index in [1.807, 2.05) is 6.92 Å². The predicted octanol–water partition coefficient (Wildman–Crippen LogP) is 1.62. The monoisotopic (exact) mass is 244 g/mol. The number of aromatic nitrogens is 2. The first-order valence-electron chi connectivity index (χ1n) is 5.32. The second kappa shape index (κ2) is 4.97. The van der Waals surface area contributed by atoms with Crippen molar-refractivity contribution in [2.45, 2.75) is 45.8 Å². The molecule has 0 fully saturated rings. The SMILES string of the molecule is CCc1nc(Cl)cc(=O)n1CCC(C)(C)O. The Morgan fingerprint density at radius 2 is 2.19 bits per heavy atom. The van der Waals surface area contributed by atoms with Gasteiger partial charge in [-0.2, -0.15) is 0 Å². The molecule has 0 saturated heterocycles. The summed E-state index contributed by atoms with van der Waals surface area (Å²) in [6.45, 7) is 5.80. The van der Waals surface area contributed by atoms with Crippen molar-refractivity contribution in [3.63, 3.8) is 0 Å². The Hall–Kier alpha value is -0.870. The molecule has 1 aromatic rings. The molecule has 0 saturated carbocycles. The van der Waals surface area contributed by atoms with Crippen molar-refractivity contribution >= 4 is 11.6 Å². The van der Waals surface area contributed by atoms with Gasteiger partial charge in [-0.1, -0.05) is 18.5 Å². The average Bonchev–Trinajstić information content (AvgIpc) is 2.13. The molecule has 0 spiro atoms. The first-order valence-corrected chi connectivity index (χ1v) is 5.70. The Morgan fingerprint density at radius 3 is 2.69 bits per heavy atom. The Balaban J connectivity index is 2.99. The minimum absolute atomic E-state index is 0.166. The zero-order chi connectivity index (χ0) is 12.3. The smallest absolute Gasteiger partial charge is 0.254 e. The van der Waals surface area contributed by atoms with Gasteiger partial charge in [0.05, 0.1) is 5.60 Å². The largest absolute Gasteiger partial charge is 0.390 e. The van der Waals surface area contributed by atoms with E-state index >= 15 is 0 Å². The van der Waals surface area contributed by atoms with Crippen LogP contribution in [0.2, 0.25) is 5.15 Å². The van der Waals surface area contributed by atoms with Gasteiger partial charge in [-0.05, 0) is 20.3 Å². The molecule has 16 heavy (non-hydrogen) atoms. The van der Waals surface area contributed by atoms with E-state index in [2.05, 4.69) is 4.98 Å². The molecule has 0 atom stereocenters. The molecule has 4 nitrogen and oxygen atoms in total. The zero-order valence-corrected chi connectivity index (χ0v) is 10.6. The van der Waals surface area contributed by atoms with Crippen LogP contribution in [0.1, 0.15) is 33.0 Å². The Kier molecular flexibility index (Phi) is 4.10. The fourth-order valence-electron chi connectivity index (χ4n) is 1.42. The number of hydrogen-bond acceptors (Lipinski definition) is 3. The van der Waals surface area contributed by atoms with Crippen molar-refractivity contribution in [3.05, 3.63) is 27.4 Å². The summed E-state index contributed by atoms with van der Waals surface area (Å²) < 4.78 is 1.56. The highest BCUT2D eigenvalue weighted by molar-refractivity contribution is 6.29. The summed E-state index contributed by atoms with van der Waals surface area (Å²) in [6.07, 6.45) is 1.14. The predicted molar refractivity (Wildman–Crippen MR) is 63.8 cm³/mol. The zero-order valence-electron chi connectivity index (χ0n) is 9.83. The minimum atomic E-state index is -0.788. The summed E-state index contributed by atoms with van der Waals surface area (Å²) >= 11 is 5.72. The quantitative estimate of drug-likeness (QED) is 0.819. The van der Waals surface area contributed by atoms with E-state index in [0.29, 0.717) is 25.2 Å². The fraction of sp³-hybridized carbons (Fsp3) is 0.636. The molecule has 1 heterocycles. The highest BCUT2D eigenvalue weighted by Crippen LogP contribution is 2.10. The molecule has 90 valence electrons. The van der Waals surface area contributed by atoms with Crippen LogP contribution < -0.4 is 5.56 Å². The van der Waals surface area contributed by atoms with Crippen LogP contribution >= 0.6 is 11.6 Å². The topological polar surface area (TPSA) is 55.1 Å². The molecule has 0 aromatic carbocycles. The second-order valence-electron chi connectivity index (χ2n) is 4.40. The Morgan fingerprint density at radius 1 is 1.56 bits per heavy atom. The van der Waals surface area contributed by atoms with E-state index in [1.165, 1.54) is 6.07 Å². The molecule has 0 aliphatic heterocycles. The third-order valence-corrected chi connectivity index (χ3v) is 2.51. The van der Waals surface area contributed by atoms with Crippen molar-refractivity contribution < 1.29 is 5.11 Å². The summed E-state index contributed by atoms with van der Waals surface area (Å²) in [5.41, 5.74) is -0.953. The van der Waals surface area contributed by atoms with Crippen molar-refractivity contribution in [3.8, 4) is 0 Å². The van der Waals surface area contributed by atoms with Gasteiger partial charge in [-0.25, -0.2) is 4.98 Å². The maximum atomic E-state index is 11.7.